The first kappa shape index (κ1) is 15.9. The number of halogens is 1. The molecular formula is C15H19FN2O2. The first-order chi connectivity index (χ1) is 9.71. The molecule has 1 N–H and O–H groups in total. The normalized spacial score (nSPS) is 9.65. The maximum Gasteiger partial charge on any atom is 0.147 e. The van der Waals surface area contributed by atoms with Gasteiger partial charge >= 0.3 is 0 Å². The highest BCUT2D eigenvalue weighted by Gasteiger charge is 2.13. The molecule has 1 aromatic heterocycles. The number of hydrogen-bond donors (Lipinski definition) is 1. The van der Waals surface area contributed by atoms with Crippen LogP contribution in [0.5, 0.6) is 5.75 Å². The molecule has 0 saturated heterocycles. The highest BCUT2D eigenvalue weighted by atomic mass is 19.1. The highest BCUT2D eigenvalue weighted by Crippen LogP contribution is 2.26. The van der Waals surface area contributed by atoms with E-state index >= 15 is 0 Å². The summed E-state index contributed by atoms with van der Waals surface area (Å²) in [5.74, 6) is 0.133. The second kappa shape index (κ2) is 7.45. The van der Waals surface area contributed by atoms with Crippen LogP contribution in [0.25, 0.3) is 11.8 Å². The van der Waals surface area contributed by atoms with Gasteiger partial charge in [0.25, 0.3) is 0 Å². The Hall–Kier alpha value is -2.14. The van der Waals surface area contributed by atoms with Crippen LogP contribution < -0.4 is 4.74 Å². The van der Waals surface area contributed by atoms with E-state index in [2.05, 4.69) is 11.7 Å². The number of aromatic nitrogens is 2. The summed E-state index contributed by atoms with van der Waals surface area (Å²) < 4.78 is 20.1. The molecule has 2 aromatic rings. The third-order valence-corrected chi connectivity index (χ3v) is 2.83. The Kier molecular flexibility index (Phi) is 5.93. The Morgan fingerprint density at radius 2 is 2.15 bits per heavy atom. The van der Waals surface area contributed by atoms with Gasteiger partial charge in [-0.3, -0.25) is 0 Å². The van der Waals surface area contributed by atoms with Gasteiger partial charge in [0.1, 0.15) is 17.3 Å². The van der Waals surface area contributed by atoms with Crippen LogP contribution in [0.2, 0.25) is 0 Å². The van der Waals surface area contributed by atoms with Gasteiger partial charge in [0.2, 0.25) is 0 Å². The lowest BCUT2D eigenvalue weighted by molar-refractivity contribution is 0.399. The molecule has 0 fully saturated rings. The number of rotatable bonds is 4. The molecule has 0 aliphatic carbocycles. The Balaban J connectivity index is 0.000000956. The van der Waals surface area contributed by atoms with Crippen molar-refractivity contribution in [2.75, 3.05) is 14.2 Å². The van der Waals surface area contributed by atoms with Crippen molar-refractivity contribution in [1.29, 1.82) is 0 Å². The SMILES string of the molecule is C=Cc1cnn(-c2ccc(F)cc2OC)c1CC.CO. The van der Waals surface area contributed by atoms with Gasteiger partial charge in [-0.15, -0.1) is 0 Å². The summed E-state index contributed by atoms with van der Waals surface area (Å²) in [6.07, 6.45) is 4.31. The number of benzene rings is 1. The van der Waals surface area contributed by atoms with Gasteiger partial charge in [-0.05, 0) is 18.6 Å². The molecule has 0 bridgehead atoms. The minimum Gasteiger partial charge on any atom is -0.494 e. The predicted octanol–water partition coefficient (Wildman–Crippen LogP) is 2.83. The molecule has 20 heavy (non-hydrogen) atoms. The topological polar surface area (TPSA) is 47.3 Å². The Labute approximate surface area is 118 Å². The van der Waals surface area contributed by atoms with Crippen molar-refractivity contribution < 1.29 is 14.2 Å². The van der Waals surface area contributed by atoms with E-state index in [0.29, 0.717) is 5.75 Å². The van der Waals surface area contributed by atoms with Crippen LogP contribution in [0, 0.1) is 5.82 Å². The van der Waals surface area contributed by atoms with Crippen molar-refractivity contribution in [3.05, 3.63) is 48.0 Å². The molecule has 0 aliphatic heterocycles. The summed E-state index contributed by atoms with van der Waals surface area (Å²) in [5, 5.41) is 11.3. The van der Waals surface area contributed by atoms with Crippen LogP contribution in [0.4, 0.5) is 4.39 Å². The summed E-state index contributed by atoms with van der Waals surface area (Å²) in [6.45, 7) is 5.80. The second-order valence-corrected chi connectivity index (χ2v) is 3.83. The average Bonchev–Trinajstić information content (AvgIpc) is 2.91. The third kappa shape index (κ3) is 3.05. The summed E-state index contributed by atoms with van der Waals surface area (Å²) in [4.78, 5) is 0. The van der Waals surface area contributed by atoms with E-state index in [1.165, 1.54) is 19.2 Å². The summed E-state index contributed by atoms with van der Waals surface area (Å²) >= 11 is 0. The zero-order valence-electron chi connectivity index (χ0n) is 11.9. The van der Waals surface area contributed by atoms with Crippen LogP contribution in [-0.2, 0) is 6.42 Å². The minimum atomic E-state index is -0.329. The monoisotopic (exact) mass is 278 g/mol. The van der Waals surface area contributed by atoms with Gasteiger partial charge in [-0.25, -0.2) is 9.07 Å². The lowest BCUT2D eigenvalue weighted by Crippen LogP contribution is -2.04. The fourth-order valence-corrected chi connectivity index (χ4v) is 1.94. The van der Waals surface area contributed by atoms with Crippen molar-refractivity contribution >= 4 is 6.08 Å². The maximum absolute atomic E-state index is 13.2. The number of aliphatic hydroxyl groups excluding tert-OH is 1. The van der Waals surface area contributed by atoms with Crippen LogP contribution in [0.1, 0.15) is 18.2 Å². The van der Waals surface area contributed by atoms with Gasteiger partial charge < -0.3 is 9.84 Å². The lowest BCUT2D eigenvalue weighted by atomic mass is 10.2. The van der Waals surface area contributed by atoms with E-state index in [1.54, 1.807) is 23.0 Å². The number of hydrogen-bond acceptors (Lipinski definition) is 3. The molecule has 0 saturated carbocycles. The Bertz CT molecular complexity index is 579. The molecule has 108 valence electrons. The first-order valence-electron chi connectivity index (χ1n) is 6.19. The molecule has 0 spiro atoms. The van der Waals surface area contributed by atoms with E-state index in [0.717, 1.165) is 30.5 Å². The number of aliphatic hydroxyl groups is 1. The molecule has 0 atom stereocenters. The third-order valence-electron chi connectivity index (χ3n) is 2.83. The van der Waals surface area contributed by atoms with Gasteiger partial charge in [0.05, 0.1) is 19.0 Å². The lowest BCUT2D eigenvalue weighted by Gasteiger charge is -2.11. The Morgan fingerprint density at radius 3 is 2.70 bits per heavy atom. The van der Waals surface area contributed by atoms with Crippen molar-refractivity contribution in [2.24, 2.45) is 0 Å². The largest absolute Gasteiger partial charge is 0.494 e. The fraction of sp³-hybridized carbons (Fsp3) is 0.267. The van der Waals surface area contributed by atoms with E-state index in [1.807, 2.05) is 6.92 Å². The van der Waals surface area contributed by atoms with E-state index in [9.17, 15) is 4.39 Å². The molecule has 0 unspecified atom stereocenters. The summed E-state index contributed by atoms with van der Waals surface area (Å²) in [6, 6.07) is 4.41. The molecule has 0 radical (unpaired) electrons. The van der Waals surface area contributed by atoms with Gasteiger partial charge in [0.15, 0.2) is 0 Å². The maximum atomic E-state index is 13.2. The van der Waals surface area contributed by atoms with Crippen molar-refractivity contribution in [1.82, 2.24) is 9.78 Å². The number of ether oxygens (including phenoxy) is 1. The molecule has 1 aromatic carbocycles. The van der Waals surface area contributed by atoms with Crippen molar-refractivity contribution in [3.63, 3.8) is 0 Å². The van der Waals surface area contributed by atoms with Gasteiger partial charge in [-0.1, -0.05) is 19.6 Å². The molecule has 2 rings (SSSR count). The molecular weight excluding hydrogens is 259 g/mol. The highest BCUT2D eigenvalue weighted by molar-refractivity contribution is 5.54. The second-order valence-electron chi connectivity index (χ2n) is 3.83. The van der Waals surface area contributed by atoms with Crippen LogP contribution in [-0.4, -0.2) is 29.1 Å². The summed E-state index contributed by atoms with van der Waals surface area (Å²) in [7, 11) is 2.52. The minimum absolute atomic E-state index is 0.329. The molecule has 4 nitrogen and oxygen atoms in total. The molecule has 1 heterocycles. The van der Waals surface area contributed by atoms with E-state index in [4.69, 9.17) is 9.84 Å². The standard InChI is InChI=1S/C14H15FN2O.CH4O/c1-4-10-9-16-17(12(10)5-2)13-7-6-11(15)8-14(13)18-3;1-2/h4,6-9H,1,5H2,2-3H3;2H,1H3. The van der Waals surface area contributed by atoms with E-state index in [-0.39, 0.29) is 5.82 Å². The quantitative estimate of drug-likeness (QED) is 0.935. The van der Waals surface area contributed by atoms with Crippen LogP contribution in [0.3, 0.4) is 0 Å². The van der Waals surface area contributed by atoms with Gasteiger partial charge in [-0.2, -0.15) is 5.10 Å². The molecule has 0 amide bonds. The fourth-order valence-electron chi connectivity index (χ4n) is 1.94. The Morgan fingerprint density at radius 1 is 1.45 bits per heavy atom. The van der Waals surface area contributed by atoms with E-state index < -0.39 is 0 Å². The number of nitrogens with zero attached hydrogens (tertiary/aromatic N) is 2. The smallest absolute Gasteiger partial charge is 0.147 e. The zero-order valence-corrected chi connectivity index (χ0v) is 11.9. The van der Waals surface area contributed by atoms with Crippen LogP contribution in [0.15, 0.2) is 31.0 Å². The van der Waals surface area contributed by atoms with Crippen molar-refractivity contribution in [3.8, 4) is 11.4 Å². The summed E-state index contributed by atoms with van der Waals surface area (Å²) in [5.41, 5.74) is 2.72. The van der Waals surface area contributed by atoms with Gasteiger partial charge in [0, 0.05) is 18.7 Å². The first-order valence-corrected chi connectivity index (χ1v) is 6.19. The zero-order chi connectivity index (χ0) is 15.1. The predicted molar refractivity (Wildman–Crippen MR) is 77.7 cm³/mol. The molecule has 0 aliphatic rings. The number of methoxy groups -OCH3 is 1. The van der Waals surface area contributed by atoms with Crippen molar-refractivity contribution in [2.45, 2.75) is 13.3 Å². The molecule has 5 heteroatoms. The average molecular weight is 278 g/mol. The van der Waals surface area contributed by atoms with Crippen LogP contribution >= 0.6 is 0 Å².